The normalized spacial score (nSPS) is 10.5. The molecule has 0 unspecified atom stereocenters. The van der Waals surface area contributed by atoms with Crippen molar-refractivity contribution in [3.8, 4) is 0 Å². The number of hydrogen-bond acceptors (Lipinski definition) is 1. The first kappa shape index (κ1) is 15.4. The summed E-state index contributed by atoms with van der Waals surface area (Å²) >= 11 is 0. The van der Waals surface area contributed by atoms with Crippen LogP contribution in [0.1, 0.15) is 44.6 Å². The molecule has 2 nitrogen and oxygen atoms in total. The number of para-hydroxylation sites is 1. The second-order valence-corrected chi connectivity index (χ2v) is 5.46. The van der Waals surface area contributed by atoms with Crippen molar-refractivity contribution in [2.45, 2.75) is 45.4 Å². The van der Waals surface area contributed by atoms with Gasteiger partial charge in [0.25, 0.3) is 11.4 Å². The van der Waals surface area contributed by atoms with E-state index in [1.807, 2.05) is 42.5 Å². The monoisotopic (exact) mass is 282 g/mol. The van der Waals surface area contributed by atoms with Crippen molar-refractivity contribution in [3.05, 3.63) is 65.1 Å². The van der Waals surface area contributed by atoms with Crippen LogP contribution in [0.2, 0.25) is 0 Å². The van der Waals surface area contributed by atoms with Crippen molar-refractivity contribution < 1.29 is 0 Å². The number of aryl methyl sites for hydroxylation is 1. The van der Waals surface area contributed by atoms with Crippen molar-refractivity contribution >= 4 is 11.4 Å². The van der Waals surface area contributed by atoms with Gasteiger partial charge in [0.2, 0.25) is 0 Å². The molecule has 21 heavy (non-hydrogen) atoms. The summed E-state index contributed by atoms with van der Waals surface area (Å²) in [4.78, 5) is 12.2. The zero-order valence-corrected chi connectivity index (χ0v) is 12.8. The Bertz CT molecular complexity index is 546. The Balaban J connectivity index is 1.88. The molecule has 0 amide bonds. The van der Waals surface area contributed by atoms with E-state index in [0.29, 0.717) is 11.4 Å². The Hall–Kier alpha value is -1.96. The maximum atomic E-state index is 12.2. The molecule has 0 fully saturated rings. The average Bonchev–Trinajstić information content (AvgIpc) is 2.55. The number of nitrogens with zero attached hydrogens (tertiary/aromatic N) is 1. The molecule has 0 aliphatic carbocycles. The summed E-state index contributed by atoms with van der Waals surface area (Å²) in [5.41, 5.74) is 2.68. The molecule has 2 rings (SSSR count). The summed E-state index contributed by atoms with van der Waals surface area (Å²) < 4.78 is 0.977. The molecule has 2 heteroatoms. The molecule has 0 aliphatic heterocycles. The maximum Gasteiger partial charge on any atom is 0.263 e. The van der Waals surface area contributed by atoms with E-state index in [9.17, 15) is 4.91 Å². The van der Waals surface area contributed by atoms with Crippen molar-refractivity contribution in [3.63, 3.8) is 0 Å². The zero-order chi connectivity index (χ0) is 14.9. The number of hydrogen-bond donors (Lipinski definition) is 0. The quantitative estimate of drug-likeness (QED) is 0.442. The minimum absolute atomic E-state index is 0.671. The second-order valence-electron chi connectivity index (χ2n) is 5.46. The van der Waals surface area contributed by atoms with Gasteiger partial charge in [-0.15, -0.1) is 0 Å². The van der Waals surface area contributed by atoms with Gasteiger partial charge < -0.3 is 0 Å². The van der Waals surface area contributed by atoms with Gasteiger partial charge in [-0.3, -0.25) is 0 Å². The summed E-state index contributed by atoms with van der Waals surface area (Å²) in [5, 5.41) is 0. The van der Waals surface area contributed by atoms with Gasteiger partial charge in [0, 0.05) is 29.2 Å². The van der Waals surface area contributed by atoms with Crippen LogP contribution in [-0.2, 0) is 6.42 Å². The summed E-state index contributed by atoms with van der Waals surface area (Å²) in [6, 6.07) is 17.3. The molecular formula is C19H24NO+. The highest BCUT2D eigenvalue weighted by Crippen LogP contribution is 2.20. The largest absolute Gasteiger partial charge is 0.263 e. The Kier molecular flexibility index (Phi) is 6.14. The number of rotatable bonds is 8. The van der Waals surface area contributed by atoms with Gasteiger partial charge in [0.05, 0.1) is 4.76 Å². The van der Waals surface area contributed by atoms with Crippen LogP contribution in [0.15, 0.2) is 54.6 Å². The van der Waals surface area contributed by atoms with Crippen LogP contribution in [0.5, 0.6) is 0 Å². The van der Waals surface area contributed by atoms with Crippen LogP contribution < -0.4 is 4.76 Å². The molecular weight excluding hydrogens is 258 g/mol. The van der Waals surface area contributed by atoms with Gasteiger partial charge in [0.1, 0.15) is 0 Å². The summed E-state index contributed by atoms with van der Waals surface area (Å²) in [5.74, 6) is 0. The lowest BCUT2D eigenvalue weighted by Crippen LogP contribution is -1.97. The molecule has 0 bridgehead atoms. The molecule has 2 aromatic rings. The molecule has 2 aromatic carbocycles. The summed E-state index contributed by atoms with van der Waals surface area (Å²) in [6.07, 6.45) is 7.59. The highest BCUT2D eigenvalue weighted by molar-refractivity contribution is 5.51. The smallest absolute Gasteiger partial charge is 0.0654 e. The lowest BCUT2D eigenvalue weighted by molar-refractivity contribution is 0.632. The topological polar surface area (TPSA) is 20.1 Å². The first-order valence-corrected chi connectivity index (χ1v) is 7.92. The molecule has 0 spiro atoms. The molecule has 0 N–H and O–H groups in total. The highest BCUT2D eigenvalue weighted by Gasteiger charge is 2.16. The SMILES string of the molecule is CCCCCCCc1ccc([N+](=O)c2ccccc2)cc1. The Morgan fingerprint density at radius 2 is 1.38 bits per heavy atom. The Morgan fingerprint density at radius 3 is 2.05 bits per heavy atom. The van der Waals surface area contributed by atoms with Crippen LogP contribution in [0.3, 0.4) is 0 Å². The Morgan fingerprint density at radius 1 is 0.762 bits per heavy atom. The van der Waals surface area contributed by atoms with Crippen LogP contribution >= 0.6 is 0 Å². The minimum atomic E-state index is 0.671. The van der Waals surface area contributed by atoms with Crippen LogP contribution in [0.4, 0.5) is 11.4 Å². The lowest BCUT2D eigenvalue weighted by Gasteiger charge is -2.01. The third kappa shape index (κ3) is 4.82. The van der Waals surface area contributed by atoms with Crippen LogP contribution in [-0.4, -0.2) is 0 Å². The molecule has 0 heterocycles. The van der Waals surface area contributed by atoms with Crippen molar-refractivity contribution in [2.75, 3.05) is 0 Å². The van der Waals surface area contributed by atoms with Gasteiger partial charge in [-0.2, -0.15) is 0 Å². The predicted octanol–water partition coefficient (Wildman–Crippen LogP) is 5.80. The third-order valence-corrected chi connectivity index (χ3v) is 3.73. The fraction of sp³-hybridized carbons (Fsp3) is 0.368. The number of unbranched alkanes of at least 4 members (excludes halogenated alkanes) is 4. The lowest BCUT2D eigenvalue weighted by atomic mass is 10.1. The number of benzene rings is 2. The van der Waals surface area contributed by atoms with E-state index in [2.05, 4.69) is 19.1 Å². The standard InChI is InChI=1S/C19H24NO/c1-2-3-4-5-7-10-17-13-15-19(16-14-17)20(21)18-11-8-6-9-12-18/h6,8-9,11-16H,2-5,7,10H2,1H3/q+1. The van der Waals surface area contributed by atoms with Gasteiger partial charge in [-0.05, 0) is 18.4 Å². The molecule has 0 radical (unpaired) electrons. The molecule has 110 valence electrons. The first-order valence-electron chi connectivity index (χ1n) is 7.92. The van der Waals surface area contributed by atoms with Crippen molar-refractivity contribution in [1.82, 2.24) is 4.76 Å². The van der Waals surface area contributed by atoms with Gasteiger partial charge in [0.15, 0.2) is 0 Å². The third-order valence-electron chi connectivity index (χ3n) is 3.73. The zero-order valence-electron chi connectivity index (χ0n) is 12.8. The fourth-order valence-corrected chi connectivity index (χ4v) is 2.44. The van der Waals surface area contributed by atoms with E-state index in [0.717, 1.165) is 11.2 Å². The van der Waals surface area contributed by atoms with E-state index < -0.39 is 0 Å². The molecule has 0 saturated carbocycles. The summed E-state index contributed by atoms with van der Waals surface area (Å²) in [6.45, 7) is 2.24. The summed E-state index contributed by atoms with van der Waals surface area (Å²) in [7, 11) is 0. The number of nitroso groups, excluding NO2 is 1. The van der Waals surface area contributed by atoms with Gasteiger partial charge >= 0.3 is 0 Å². The van der Waals surface area contributed by atoms with E-state index in [1.54, 1.807) is 0 Å². The average molecular weight is 282 g/mol. The second kappa shape index (κ2) is 8.35. The molecule has 0 aromatic heterocycles. The first-order chi connectivity index (χ1) is 10.3. The molecule has 0 saturated heterocycles. The minimum Gasteiger partial charge on any atom is -0.0654 e. The fourth-order valence-electron chi connectivity index (χ4n) is 2.44. The van der Waals surface area contributed by atoms with Gasteiger partial charge in [-0.1, -0.05) is 62.9 Å². The van der Waals surface area contributed by atoms with E-state index in [-0.39, 0.29) is 0 Å². The Labute approximate surface area is 127 Å². The molecule has 0 atom stereocenters. The predicted molar refractivity (Wildman–Crippen MR) is 90.2 cm³/mol. The highest BCUT2D eigenvalue weighted by atomic mass is 16.3. The molecule has 0 aliphatic rings. The van der Waals surface area contributed by atoms with E-state index in [1.165, 1.54) is 37.7 Å². The van der Waals surface area contributed by atoms with Crippen molar-refractivity contribution in [2.24, 2.45) is 0 Å². The van der Waals surface area contributed by atoms with E-state index in [4.69, 9.17) is 0 Å². The van der Waals surface area contributed by atoms with Crippen molar-refractivity contribution in [1.29, 1.82) is 0 Å². The van der Waals surface area contributed by atoms with Crippen LogP contribution in [0.25, 0.3) is 0 Å². The van der Waals surface area contributed by atoms with Gasteiger partial charge in [-0.25, -0.2) is 0 Å². The van der Waals surface area contributed by atoms with E-state index >= 15 is 0 Å². The van der Waals surface area contributed by atoms with Crippen LogP contribution in [0, 0.1) is 4.91 Å². The maximum absolute atomic E-state index is 12.2.